The number of amides is 2. The Balaban J connectivity index is 1.17. The number of hydrogen-bond donors (Lipinski definition) is 1. The van der Waals surface area contributed by atoms with Crippen LogP contribution in [-0.4, -0.2) is 84.8 Å². The van der Waals surface area contributed by atoms with E-state index in [4.69, 9.17) is 20.4 Å². The molecule has 7 heterocycles. The highest BCUT2D eigenvalue weighted by Crippen LogP contribution is 2.40. The molecule has 4 aromatic heterocycles. The van der Waals surface area contributed by atoms with Crippen LogP contribution in [0.1, 0.15) is 74.1 Å². The SMILES string of the molecule is COc1cc(C(=O)N2[C@H]3CC[C@@H]2[C@H](N)C3)cc2nc(-c3cc4ccc(C(C)(C)CC(=O)N5CC(F)(F)C5)nc4n3CC3CC3)c(C)n12. The molecule has 1 saturated carbocycles. The van der Waals surface area contributed by atoms with Gasteiger partial charge >= 0.3 is 0 Å². The monoisotopic (exact) mass is 645 g/mol. The summed E-state index contributed by atoms with van der Waals surface area (Å²) in [6.07, 6.45) is 5.15. The first-order valence-electron chi connectivity index (χ1n) is 16.7. The number of methoxy groups -OCH3 is 1. The third-order valence-corrected chi connectivity index (χ3v) is 10.8. The van der Waals surface area contributed by atoms with Crippen LogP contribution >= 0.6 is 0 Å². The Morgan fingerprint density at radius 2 is 1.85 bits per heavy atom. The van der Waals surface area contributed by atoms with Gasteiger partial charge in [0.15, 0.2) is 5.88 Å². The molecule has 1 aliphatic carbocycles. The standard InChI is InChI=1S/C35H41F2N7O3/c1-19-31(40-28-12-22(13-30(47-4)43(19)28)33(46)44-23-8-9-25(44)24(38)14-23)26-11-21-7-10-27(39-32(21)42(26)16-20-5-6-20)34(2,3)15-29(45)41-17-35(36,37)18-41/h7,10-13,20,23-25H,5-6,8-9,14-18,38H2,1-4H3/t23-,24+,25+/m0/s1. The topological polar surface area (TPSA) is 111 Å². The number of carbonyl (C=O) groups is 2. The number of rotatable bonds is 8. The third-order valence-electron chi connectivity index (χ3n) is 10.8. The van der Waals surface area contributed by atoms with E-state index < -0.39 is 24.4 Å². The molecule has 4 aromatic rings. The van der Waals surface area contributed by atoms with Crippen LogP contribution in [0.2, 0.25) is 0 Å². The molecule has 0 aromatic carbocycles. The van der Waals surface area contributed by atoms with Gasteiger partial charge in [0.05, 0.1) is 31.6 Å². The maximum absolute atomic E-state index is 13.8. The zero-order valence-electron chi connectivity index (χ0n) is 27.3. The fourth-order valence-corrected chi connectivity index (χ4v) is 8.01. The molecule has 8 rings (SSSR count). The molecule has 2 N–H and O–H groups in total. The summed E-state index contributed by atoms with van der Waals surface area (Å²) >= 11 is 0. The van der Waals surface area contributed by atoms with E-state index in [1.165, 1.54) is 4.90 Å². The van der Waals surface area contributed by atoms with E-state index in [-0.39, 0.29) is 36.4 Å². The minimum Gasteiger partial charge on any atom is -0.482 e. The quantitative estimate of drug-likeness (QED) is 0.291. The van der Waals surface area contributed by atoms with Gasteiger partial charge in [-0.15, -0.1) is 0 Å². The molecule has 3 aliphatic heterocycles. The molecule has 3 atom stereocenters. The number of likely N-dealkylation sites (tertiary alicyclic amines) is 1. The summed E-state index contributed by atoms with van der Waals surface area (Å²) in [5.41, 5.74) is 11.0. The van der Waals surface area contributed by atoms with Crippen molar-refractivity contribution < 1.29 is 23.1 Å². The molecule has 10 nitrogen and oxygen atoms in total. The van der Waals surface area contributed by atoms with Gasteiger partial charge in [-0.05, 0) is 69.2 Å². The van der Waals surface area contributed by atoms with Gasteiger partial charge in [0.1, 0.15) is 17.0 Å². The van der Waals surface area contributed by atoms with Crippen molar-refractivity contribution in [1.82, 2.24) is 28.7 Å². The lowest BCUT2D eigenvalue weighted by molar-refractivity contribution is -0.166. The minimum atomic E-state index is -2.80. The second-order valence-electron chi connectivity index (χ2n) is 14.8. The summed E-state index contributed by atoms with van der Waals surface area (Å²) in [6, 6.07) is 9.98. The van der Waals surface area contributed by atoms with Gasteiger partial charge in [0.2, 0.25) is 5.91 Å². The Hall–Kier alpha value is -4.06. The summed E-state index contributed by atoms with van der Waals surface area (Å²) in [7, 11) is 1.60. The van der Waals surface area contributed by atoms with Crippen LogP contribution in [0, 0.1) is 12.8 Å². The van der Waals surface area contributed by atoms with Gasteiger partial charge in [0.25, 0.3) is 11.8 Å². The molecule has 4 fully saturated rings. The molecule has 3 saturated heterocycles. The molecule has 2 bridgehead atoms. The Kier molecular flexibility index (Phi) is 6.75. The van der Waals surface area contributed by atoms with Crippen molar-refractivity contribution in [3.8, 4) is 17.3 Å². The summed E-state index contributed by atoms with van der Waals surface area (Å²) in [6.45, 7) is 5.62. The van der Waals surface area contributed by atoms with E-state index in [1.54, 1.807) is 13.2 Å². The van der Waals surface area contributed by atoms with Crippen molar-refractivity contribution >= 4 is 28.5 Å². The number of alkyl halides is 2. The number of aryl methyl sites for hydroxylation is 1. The van der Waals surface area contributed by atoms with Crippen molar-refractivity contribution in [3.05, 3.63) is 47.3 Å². The van der Waals surface area contributed by atoms with Gasteiger partial charge in [-0.1, -0.05) is 13.8 Å². The summed E-state index contributed by atoms with van der Waals surface area (Å²) < 4.78 is 36.9. The van der Waals surface area contributed by atoms with E-state index >= 15 is 0 Å². The van der Waals surface area contributed by atoms with Crippen LogP contribution in [0.4, 0.5) is 8.78 Å². The maximum Gasteiger partial charge on any atom is 0.282 e. The highest BCUT2D eigenvalue weighted by atomic mass is 19.3. The molecular formula is C35H41F2N7O3. The summed E-state index contributed by atoms with van der Waals surface area (Å²) in [4.78, 5) is 40.0. The van der Waals surface area contributed by atoms with E-state index in [0.717, 1.165) is 72.5 Å². The predicted octanol–water partition coefficient (Wildman–Crippen LogP) is 4.93. The predicted molar refractivity (Wildman–Crippen MR) is 173 cm³/mol. The van der Waals surface area contributed by atoms with Gasteiger partial charge < -0.3 is 24.8 Å². The van der Waals surface area contributed by atoms with Gasteiger partial charge in [0, 0.05) is 59.2 Å². The van der Waals surface area contributed by atoms with E-state index in [1.807, 2.05) is 48.3 Å². The molecule has 0 radical (unpaired) electrons. The van der Waals surface area contributed by atoms with Crippen LogP contribution in [0.15, 0.2) is 30.3 Å². The zero-order chi connectivity index (χ0) is 33.0. The first kappa shape index (κ1) is 30.3. The number of aromatic nitrogens is 4. The number of nitrogens with two attached hydrogens (primary N) is 1. The lowest BCUT2D eigenvalue weighted by atomic mass is 9.84. The smallest absolute Gasteiger partial charge is 0.282 e. The lowest BCUT2D eigenvalue weighted by Gasteiger charge is -2.40. The number of ether oxygens (including phenoxy) is 1. The Labute approximate surface area is 271 Å². The number of hydrogen-bond acceptors (Lipinski definition) is 6. The van der Waals surface area contributed by atoms with Crippen molar-refractivity contribution in [3.63, 3.8) is 0 Å². The second-order valence-corrected chi connectivity index (χ2v) is 14.8. The summed E-state index contributed by atoms with van der Waals surface area (Å²) in [5.74, 6) is -2.04. The second kappa shape index (κ2) is 10.5. The van der Waals surface area contributed by atoms with Crippen molar-refractivity contribution in [2.24, 2.45) is 11.7 Å². The molecule has 0 unspecified atom stereocenters. The average molecular weight is 646 g/mol. The number of halogens is 2. The Morgan fingerprint density at radius 1 is 1.09 bits per heavy atom. The van der Waals surface area contributed by atoms with E-state index in [2.05, 4.69) is 10.6 Å². The number of fused-ring (bicyclic) bond motifs is 4. The first-order chi connectivity index (χ1) is 22.3. The fraction of sp³-hybridized carbons (Fsp3) is 0.543. The van der Waals surface area contributed by atoms with Crippen LogP contribution in [-0.2, 0) is 16.8 Å². The van der Waals surface area contributed by atoms with Gasteiger partial charge in [-0.25, -0.2) is 18.7 Å². The van der Waals surface area contributed by atoms with E-state index in [0.29, 0.717) is 23.0 Å². The van der Waals surface area contributed by atoms with Gasteiger partial charge in [-0.2, -0.15) is 0 Å². The third kappa shape index (κ3) is 4.98. The molecule has 0 spiro atoms. The highest BCUT2D eigenvalue weighted by molar-refractivity contribution is 5.97. The van der Waals surface area contributed by atoms with Crippen LogP contribution in [0.25, 0.3) is 28.1 Å². The maximum atomic E-state index is 13.8. The van der Waals surface area contributed by atoms with Crippen molar-refractivity contribution in [2.45, 2.75) is 95.3 Å². The van der Waals surface area contributed by atoms with Crippen molar-refractivity contribution in [1.29, 1.82) is 0 Å². The molecule has 4 aliphatic rings. The Bertz CT molecular complexity index is 1940. The van der Waals surface area contributed by atoms with Crippen molar-refractivity contribution in [2.75, 3.05) is 20.2 Å². The van der Waals surface area contributed by atoms with Crippen LogP contribution in [0.3, 0.4) is 0 Å². The minimum absolute atomic E-state index is 0.0192. The number of carbonyl (C=O) groups excluding carboxylic acids is 2. The normalized spacial score (nSPS) is 23.6. The zero-order valence-corrected chi connectivity index (χ0v) is 27.3. The van der Waals surface area contributed by atoms with Gasteiger partial charge in [-0.3, -0.25) is 14.0 Å². The number of pyridine rings is 2. The molecular weight excluding hydrogens is 604 g/mol. The summed E-state index contributed by atoms with van der Waals surface area (Å²) in [5, 5.41) is 0.953. The van der Waals surface area contributed by atoms with Crippen LogP contribution < -0.4 is 10.5 Å². The fourth-order valence-electron chi connectivity index (χ4n) is 8.01. The molecule has 12 heteroatoms. The van der Waals surface area contributed by atoms with Crippen LogP contribution in [0.5, 0.6) is 5.88 Å². The lowest BCUT2D eigenvalue weighted by Crippen LogP contribution is -2.59. The number of imidazole rings is 1. The largest absolute Gasteiger partial charge is 0.482 e. The average Bonchev–Trinajstić information content (AvgIpc) is 3.33. The first-order valence-corrected chi connectivity index (χ1v) is 16.7. The molecule has 248 valence electrons. The van der Waals surface area contributed by atoms with E-state index in [9.17, 15) is 18.4 Å². The molecule has 47 heavy (non-hydrogen) atoms. The Morgan fingerprint density at radius 3 is 2.49 bits per heavy atom. The number of nitrogens with zero attached hydrogens (tertiary/aromatic N) is 6. The molecule has 2 amide bonds. The highest BCUT2D eigenvalue weighted by Gasteiger charge is 2.48.